The lowest BCUT2D eigenvalue weighted by Crippen LogP contribution is -2.14. The maximum atomic E-state index is 11.6. The van der Waals surface area contributed by atoms with Crippen LogP contribution in [0, 0.1) is 6.92 Å². The molecule has 82 valence electrons. The molecule has 1 atom stereocenters. The van der Waals surface area contributed by atoms with E-state index in [1.807, 2.05) is 26.0 Å². The van der Waals surface area contributed by atoms with Crippen molar-refractivity contribution in [3.05, 3.63) is 35.4 Å². The highest BCUT2D eigenvalue weighted by Crippen LogP contribution is 2.08. The fourth-order valence-electron chi connectivity index (χ4n) is 1.41. The van der Waals surface area contributed by atoms with E-state index >= 15 is 0 Å². The normalized spacial score (nSPS) is 12.2. The average molecular weight is 206 g/mol. The first-order valence-corrected chi connectivity index (χ1v) is 5.41. The topological polar surface area (TPSA) is 26.3 Å². The van der Waals surface area contributed by atoms with Crippen LogP contribution in [0.2, 0.25) is 0 Å². The summed E-state index contributed by atoms with van der Waals surface area (Å²) in [5, 5.41) is 0. The van der Waals surface area contributed by atoms with Gasteiger partial charge in [-0.05, 0) is 32.4 Å². The number of carbonyl (C=O) groups excluding carboxylic acids is 1. The van der Waals surface area contributed by atoms with E-state index in [4.69, 9.17) is 4.74 Å². The molecule has 0 saturated carbocycles. The highest BCUT2D eigenvalue weighted by atomic mass is 16.5. The Labute approximate surface area is 91.3 Å². The molecule has 1 unspecified atom stereocenters. The second-order valence-corrected chi connectivity index (χ2v) is 3.87. The number of rotatable bonds is 4. The number of hydrogen-bond acceptors (Lipinski definition) is 2. The van der Waals surface area contributed by atoms with Crippen molar-refractivity contribution in [1.29, 1.82) is 0 Å². The van der Waals surface area contributed by atoms with Gasteiger partial charge < -0.3 is 4.74 Å². The van der Waals surface area contributed by atoms with Crippen molar-refractivity contribution in [3.63, 3.8) is 0 Å². The van der Waals surface area contributed by atoms with E-state index in [1.54, 1.807) is 12.1 Å². The van der Waals surface area contributed by atoms with Crippen molar-refractivity contribution in [2.45, 2.75) is 39.7 Å². The molecule has 1 aromatic rings. The van der Waals surface area contributed by atoms with Gasteiger partial charge >= 0.3 is 5.97 Å². The number of carbonyl (C=O) groups is 1. The quantitative estimate of drug-likeness (QED) is 0.706. The minimum absolute atomic E-state index is 0.00352. The molecule has 0 bridgehead atoms. The highest BCUT2D eigenvalue weighted by Gasteiger charge is 2.10. The van der Waals surface area contributed by atoms with Crippen LogP contribution < -0.4 is 0 Å². The summed E-state index contributed by atoms with van der Waals surface area (Å²) in [6.07, 6.45) is 1.95. The molecule has 0 spiro atoms. The van der Waals surface area contributed by atoms with Gasteiger partial charge in [-0.15, -0.1) is 0 Å². The van der Waals surface area contributed by atoms with Gasteiger partial charge in [-0.3, -0.25) is 0 Å². The maximum absolute atomic E-state index is 11.6. The van der Waals surface area contributed by atoms with Gasteiger partial charge in [-0.25, -0.2) is 4.79 Å². The van der Waals surface area contributed by atoms with Crippen LogP contribution in [0.1, 0.15) is 42.6 Å². The minimum atomic E-state index is -0.226. The number of hydrogen-bond donors (Lipinski definition) is 0. The zero-order valence-electron chi connectivity index (χ0n) is 9.62. The molecule has 0 aromatic heterocycles. The van der Waals surface area contributed by atoms with Gasteiger partial charge in [0.2, 0.25) is 0 Å². The smallest absolute Gasteiger partial charge is 0.338 e. The summed E-state index contributed by atoms with van der Waals surface area (Å²) in [4.78, 5) is 11.6. The SMILES string of the molecule is CCCC(C)OC(=O)c1ccc(C)cc1. The van der Waals surface area contributed by atoms with Crippen LogP contribution >= 0.6 is 0 Å². The fourth-order valence-corrected chi connectivity index (χ4v) is 1.41. The highest BCUT2D eigenvalue weighted by molar-refractivity contribution is 5.89. The van der Waals surface area contributed by atoms with Crippen LogP contribution in [0.3, 0.4) is 0 Å². The summed E-state index contributed by atoms with van der Waals surface area (Å²) in [5.74, 6) is -0.226. The first-order valence-electron chi connectivity index (χ1n) is 5.41. The second kappa shape index (κ2) is 5.54. The summed E-state index contributed by atoms with van der Waals surface area (Å²) in [7, 11) is 0. The zero-order chi connectivity index (χ0) is 11.3. The first-order chi connectivity index (χ1) is 7.13. The molecule has 0 aliphatic rings. The lowest BCUT2D eigenvalue weighted by Gasteiger charge is -2.11. The summed E-state index contributed by atoms with van der Waals surface area (Å²) >= 11 is 0. The van der Waals surface area contributed by atoms with Crippen LogP contribution in [-0.2, 0) is 4.74 Å². The Hall–Kier alpha value is -1.31. The van der Waals surface area contributed by atoms with E-state index in [1.165, 1.54) is 0 Å². The van der Waals surface area contributed by atoms with Gasteiger partial charge in [-0.2, -0.15) is 0 Å². The third-order valence-electron chi connectivity index (χ3n) is 2.29. The molecule has 0 amide bonds. The van der Waals surface area contributed by atoms with E-state index in [2.05, 4.69) is 6.92 Å². The predicted molar refractivity (Wildman–Crippen MR) is 61.0 cm³/mol. The monoisotopic (exact) mass is 206 g/mol. The Morgan fingerprint density at radius 1 is 1.33 bits per heavy atom. The third kappa shape index (κ3) is 3.74. The number of ether oxygens (including phenoxy) is 1. The van der Waals surface area contributed by atoms with Crippen LogP contribution in [0.5, 0.6) is 0 Å². The lowest BCUT2D eigenvalue weighted by atomic mass is 10.1. The van der Waals surface area contributed by atoms with Gasteiger partial charge in [0, 0.05) is 0 Å². The molecule has 2 nitrogen and oxygen atoms in total. The number of esters is 1. The second-order valence-electron chi connectivity index (χ2n) is 3.87. The van der Waals surface area contributed by atoms with E-state index in [0.717, 1.165) is 18.4 Å². The van der Waals surface area contributed by atoms with E-state index in [9.17, 15) is 4.79 Å². The maximum Gasteiger partial charge on any atom is 0.338 e. The zero-order valence-corrected chi connectivity index (χ0v) is 9.62. The molecular weight excluding hydrogens is 188 g/mol. The molecular formula is C13H18O2. The van der Waals surface area contributed by atoms with Crippen LogP contribution in [-0.4, -0.2) is 12.1 Å². The molecule has 1 rings (SSSR count). The minimum Gasteiger partial charge on any atom is -0.459 e. The van der Waals surface area contributed by atoms with E-state index < -0.39 is 0 Å². The molecule has 0 radical (unpaired) electrons. The fraction of sp³-hybridized carbons (Fsp3) is 0.462. The molecule has 1 aromatic carbocycles. The van der Waals surface area contributed by atoms with Crippen LogP contribution in [0.15, 0.2) is 24.3 Å². The molecule has 2 heteroatoms. The Morgan fingerprint density at radius 3 is 2.47 bits per heavy atom. The molecule has 0 aliphatic heterocycles. The first kappa shape index (κ1) is 11.8. The Balaban J connectivity index is 2.57. The van der Waals surface area contributed by atoms with E-state index in [0.29, 0.717) is 5.56 Å². The lowest BCUT2D eigenvalue weighted by molar-refractivity contribution is 0.0323. The largest absolute Gasteiger partial charge is 0.459 e. The summed E-state index contributed by atoms with van der Waals surface area (Å²) in [6.45, 7) is 6.00. The van der Waals surface area contributed by atoms with Gasteiger partial charge in [0.15, 0.2) is 0 Å². The average Bonchev–Trinajstić information content (AvgIpc) is 2.18. The predicted octanol–water partition coefficient (Wildman–Crippen LogP) is 3.34. The molecule has 0 aliphatic carbocycles. The Morgan fingerprint density at radius 2 is 1.93 bits per heavy atom. The standard InChI is InChI=1S/C13H18O2/c1-4-5-11(3)15-13(14)12-8-6-10(2)7-9-12/h6-9,11H,4-5H2,1-3H3. The molecule has 15 heavy (non-hydrogen) atoms. The number of benzene rings is 1. The van der Waals surface area contributed by atoms with Crippen molar-refractivity contribution in [2.24, 2.45) is 0 Å². The molecule has 0 heterocycles. The van der Waals surface area contributed by atoms with Gasteiger partial charge in [0.05, 0.1) is 11.7 Å². The summed E-state index contributed by atoms with van der Waals surface area (Å²) in [5.41, 5.74) is 1.77. The van der Waals surface area contributed by atoms with Crippen LogP contribution in [0.25, 0.3) is 0 Å². The van der Waals surface area contributed by atoms with Crippen molar-refractivity contribution < 1.29 is 9.53 Å². The summed E-state index contributed by atoms with van der Waals surface area (Å²) < 4.78 is 5.28. The molecule has 0 saturated heterocycles. The third-order valence-corrected chi connectivity index (χ3v) is 2.29. The van der Waals surface area contributed by atoms with Gasteiger partial charge in [-0.1, -0.05) is 31.0 Å². The van der Waals surface area contributed by atoms with E-state index in [-0.39, 0.29) is 12.1 Å². The Bertz CT molecular complexity index is 314. The van der Waals surface area contributed by atoms with Crippen LogP contribution in [0.4, 0.5) is 0 Å². The van der Waals surface area contributed by atoms with Gasteiger partial charge in [0.1, 0.15) is 0 Å². The van der Waals surface area contributed by atoms with Crippen molar-refractivity contribution in [2.75, 3.05) is 0 Å². The Kier molecular flexibility index (Phi) is 4.35. The van der Waals surface area contributed by atoms with Gasteiger partial charge in [0.25, 0.3) is 0 Å². The van der Waals surface area contributed by atoms with Crippen molar-refractivity contribution in [3.8, 4) is 0 Å². The van der Waals surface area contributed by atoms with Crippen molar-refractivity contribution in [1.82, 2.24) is 0 Å². The van der Waals surface area contributed by atoms with Crippen molar-refractivity contribution >= 4 is 5.97 Å². The number of aryl methyl sites for hydroxylation is 1. The summed E-state index contributed by atoms with van der Waals surface area (Å²) in [6, 6.07) is 7.44. The molecule has 0 N–H and O–H groups in total. The molecule has 0 fully saturated rings.